The normalized spacial score (nSPS) is 15.2. The number of thioether (sulfide) groups is 1. The number of aliphatic hydroxyl groups is 1. The molecule has 16 heavy (non-hydrogen) atoms. The van der Waals surface area contributed by atoms with Crippen LogP contribution in [0, 0.1) is 5.92 Å². The summed E-state index contributed by atoms with van der Waals surface area (Å²) >= 11 is 13.5. The Labute approximate surface area is 111 Å². The van der Waals surface area contributed by atoms with E-state index in [1.165, 1.54) is 11.8 Å². The molecule has 0 heterocycles. The van der Waals surface area contributed by atoms with E-state index in [0.29, 0.717) is 15.8 Å². The minimum atomic E-state index is -0.698. The van der Waals surface area contributed by atoms with E-state index in [1.807, 2.05) is 26.8 Å². The van der Waals surface area contributed by atoms with Crippen LogP contribution in [-0.2, 0) is 0 Å². The van der Waals surface area contributed by atoms with E-state index in [0.717, 1.165) is 4.90 Å². The fourth-order valence-electron chi connectivity index (χ4n) is 0.978. The van der Waals surface area contributed by atoms with Crippen LogP contribution < -0.4 is 0 Å². The predicted octanol–water partition coefficient (Wildman–Crippen LogP) is 4.49. The molecule has 0 spiro atoms. The summed E-state index contributed by atoms with van der Waals surface area (Å²) in [5, 5.41) is 11.5. The number of halogens is 2. The number of benzene rings is 1. The van der Waals surface area contributed by atoms with Gasteiger partial charge in [0.05, 0.1) is 10.6 Å². The van der Waals surface area contributed by atoms with Gasteiger partial charge >= 0.3 is 0 Å². The molecule has 0 saturated heterocycles. The summed E-state index contributed by atoms with van der Waals surface area (Å²) in [5.74, 6) is 0.808. The molecule has 1 aromatic carbocycles. The molecule has 1 N–H and O–H groups in total. The van der Waals surface area contributed by atoms with Crippen molar-refractivity contribution in [2.24, 2.45) is 5.92 Å². The summed E-state index contributed by atoms with van der Waals surface area (Å²) in [5.41, 5.74) is -0.698. The first kappa shape index (κ1) is 14.2. The highest BCUT2D eigenvalue weighted by molar-refractivity contribution is 7.99. The zero-order valence-corrected chi connectivity index (χ0v) is 12.0. The molecule has 0 aliphatic heterocycles. The summed E-state index contributed by atoms with van der Waals surface area (Å²) in [6.07, 6.45) is 0. The molecule has 0 aliphatic rings. The monoisotopic (exact) mass is 278 g/mol. The Bertz CT molecular complexity index is 364. The lowest BCUT2D eigenvalue weighted by molar-refractivity contribution is 0.0376. The SMILES string of the molecule is CC(C)C(C)(O)CSc1cc(Cl)ccc1Cl. The molecule has 1 unspecified atom stereocenters. The van der Waals surface area contributed by atoms with E-state index in [9.17, 15) is 5.11 Å². The van der Waals surface area contributed by atoms with Crippen LogP contribution in [0.1, 0.15) is 20.8 Å². The average molecular weight is 279 g/mol. The van der Waals surface area contributed by atoms with Gasteiger partial charge in [0, 0.05) is 15.7 Å². The van der Waals surface area contributed by atoms with Crippen molar-refractivity contribution < 1.29 is 5.11 Å². The fraction of sp³-hybridized carbons (Fsp3) is 0.500. The van der Waals surface area contributed by atoms with E-state index in [2.05, 4.69) is 0 Å². The highest BCUT2D eigenvalue weighted by atomic mass is 35.5. The maximum Gasteiger partial charge on any atom is 0.0736 e. The van der Waals surface area contributed by atoms with E-state index in [1.54, 1.807) is 12.1 Å². The summed E-state index contributed by atoms with van der Waals surface area (Å²) in [6.45, 7) is 5.84. The van der Waals surface area contributed by atoms with E-state index in [4.69, 9.17) is 23.2 Å². The molecule has 0 saturated carbocycles. The number of hydrogen-bond donors (Lipinski definition) is 1. The van der Waals surface area contributed by atoms with Crippen LogP contribution in [0.4, 0.5) is 0 Å². The van der Waals surface area contributed by atoms with Crippen molar-refractivity contribution in [3.8, 4) is 0 Å². The lowest BCUT2D eigenvalue weighted by Gasteiger charge is -2.27. The Morgan fingerprint density at radius 2 is 2.00 bits per heavy atom. The molecule has 0 fully saturated rings. The molecule has 1 nitrogen and oxygen atoms in total. The average Bonchev–Trinajstić information content (AvgIpc) is 2.19. The van der Waals surface area contributed by atoms with Crippen molar-refractivity contribution >= 4 is 35.0 Å². The minimum absolute atomic E-state index is 0.206. The Kier molecular flexibility index (Phi) is 4.99. The van der Waals surface area contributed by atoms with Gasteiger partial charge in [-0.2, -0.15) is 0 Å². The van der Waals surface area contributed by atoms with Gasteiger partial charge < -0.3 is 5.11 Å². The molecule has 0 radical (unpaired) electrons. The molecule has 0 amide bonds. The first-order chi connectivity index (χ1) is 7.33. The zero-order chi connectivity index (χ0) is 12.3. The van der Waals surface area contributed by atoms with Gasteiger partial charge in [-0.15, -0.1) is 11.8 Å². The van der Waals surface area contributed by atoms with E-state index < -0.39 is 5.60 Å². The van der Waals surface area contributed by atoms with Crippen LogP contribution in [-0.4, -0.2) is 16.5 Å². The summed E-state index contributed by atoms with van der Waals surface area (Å²) in [7, 11) is 0. The largest absolute Gasteiger partial charge is 0.389 e. The van der Waals surface area contributed by atoms with E-state index in [-0.39, 0.29) is 5.92 Å². The number of hydrogen-bond acceptors (Lipinski definition) is 2. The Morgan fingerprint density at radius 3 is 2.56 bits per heavy atom. The van der Waals surface area contributed by atoms with Crippen LogP contribution >= 0.6 is 35.0 Å². The lowest BCUT2D eigenvalue weighted by atomic mass is 9.95. The van der Waals surface area contributed by atoms with Crippen molar-refractivity contribution in [2.75, 3.05) is 5.75 Å². The zero-order valence-electron chi connectivity index (χ0n) is 9.63. The van der Waals surface area contributed by atoms with Gasteiger partial charge in [0.25, 0.3) is 0 Å². The van der Waals surface area contributed by atoms with Crippen LogP contribution in [0.5, 0.6) is 0 Å². The molecule has 0 aliphatic carbocycles. The van der Waals surface area contributed by atoms with Gasteiger partial charge in [-0.1, -0.05) is 37.0 Å². The molecular weight excluding hydrogens is 263 g/mol. The first-order valence-corrected chi connectivity index (χ1v) is 6.87. The highest BCUT2D eigenvalue weighted by Crippen LogP contribution is 2.33. The Hall–Kier alpha value is 0.110. The van der Waals surface area contributed by atoms with Gasteiger partial charge in [0.15, 0.2) is 0 Å². The molecule has 1 aromatic rings. The van der Waals surface area contributed by atoms with Crippen molar-refractivity contribution in [3.63, 3.8) is 0 Å². The molecular formula is C12H16Cl2OS. The summed E-state index contributed by atoms with van der Waals surface area (Å²) in [4.78, 5) is 0.912. The molecule has 1 atom stereocenters. The van der Waals surface area contributed by atoms with Crippen molar-refractivity contribution in [3.05, 3.63) is 28.2 Å². The second-order valence-corrected chi connectivity index (χ2v) is 6.24. The van der Waals surface area contributed by atoms with Gasteiger partial charge in [-0.25, -0.2) is 0 Å². The van der Waals surface area contributed by atoms with Crippen LogP contribution in [0.25, 0.3) is 0 Å². The Morgan fingerprint density at radius 1 is 1.38 bits per heavy atom. The van der Waals surface area contributed by atoms with Crippen LogP contribution in [0.2, 0.25) is 10.0 Å². The van der Waals surface area contributed by atoms with Crippen LogP contribution in [0.3, 0.4) is 0 Å². The molecule has 0 bridgehead atoms. The molecule has 1 rings (SSSR count). The summed E-state index contributed by atoms with van der Waals surface area (Å²) < 4.78 is 0. The molecule has 0 aromatic heterocycles. The van der Waals surface area contributed by atoms with Crippen LogP contribution in [0.15, 0.2) is 23.1 Å². The van der Waals surface area contributed by atoms with Gasteiger partial charge in [0.2, 0.25) is 0 Å². The third-order valence-electron chi connectivity index (χ3n) is 2.66. The standard InChI is InChI=1S/C12H16Cl2OS/c1-8(2)12(3,15)7-16-11-6-9(13)4-5-10(11)14/h4-6,8,15H,7H2,1-3H3. The smallest absolute Gasteiger partial charge is 0.0736 e. The first-order valence-electron chi connectivity index (χ1n) is 5.13. The van der Waals surface area contributed by atoms with Gasteiger partial charge in [-0.3, -0.25) is 0 Å². The second kappa shape index (κ2) is 5.63. The Balaban J connectivity index is 2.71. The quantitative estimate of drug-likeness (QED) is 0.819. The van der Waals surface area contributed by atoms with E-state index >= 15 is 0 Å². The maximum absolute atomic E-state index is 10.1. The van der Waals surface area contributed by atoms with Crippen molar-refractivity contribution in [2.45, 2.75) is 31.3 Å². The van der Waals surface area contributed by atoms with Crippen molar-refractivity contribution in [1.29, 1.82) is 0 Å². The molecule has 90 valence electrons. The topological polar surface area (TPSA) is 20.2 Å². The summed E-state index contributed by atoms with van der Waals surface area (Å²) in [6, 6.07) is 5.36. The van der Waals surface area contributed by atoms with Crippen molar-refractivity contribution in [1.82, 2.24) is 0 Å². The molecule has 4 heteroatoms. The third kappa shape index (κ3) is 3.85. The minimum Gasteiger partial charge on any atom is -0.389 e. The number of rotatable bonds is 4. The predicted molar refractivity (Wildman–Crippen MR) is 72.6 cm³/mol. The third-order valence-corrected chi connectivity index (χ3v) is 4.71. The van der Waals surface area contributed by atoms with Gasteiger partial charge in [-0.05, 0) is 31.0 Å². The van der Waals surface area contributed by atoms with Gasteiger partial charge in [0.1, 0.15) is 0 Å². The maximum atomic E-state index is 10.1. The highest BCUT2D eigenvalue weighted by Gasteiger charge is 2.25. The fourth-order valence-corrected chi connectivity index (χ4v) is 2.69. The lowest BCUT2D eigenvalue weighted by Crippen LogP contribution is -2.33. The second-order valence-electron chi connectivity index (χ2n) is 4.38.